The summed E-state index contributed by atoms with van der Waals surface area (Å²) in [6, 6.07) is 5.01. The standard InChI is InChI=1S/C15H23N3O3/c1-2-5-16-13-8-14(10-15(9-13)18(19)20)17-6-7-21-11-12-3-4-12/h8-10,12,16-17H,2-7,11H2,1H3. The molecule has 0 aliphatic heterocycles. The molecule has 0 heterocycles. The molecule has 0 spiro atoms. The van der Waals surface area contributed by atoms with Gasteiger partial charge < -0.3 is 15.4 Å². The van der Waals surface area contributed by atoms with Gasteiger partial charge in [-0.1, -0.05) is 6.92 Å². The molecule has 0 radical (unpaired) electrons. The van der Waals surface area contributed by atoms with Crippen molar-refractivity contribution in [1.82, 2.24) is 0 Å². The lowest BCUT2D eigenvalue weighted by Gasteiger charge is -2.10. The van der Waals surface area contributed by atoms with Crippen molar-refractivity contribution >= 4 is 17.1 Å². The minimum atomic E-state index is -0.369. The monoisotopic (exact) mass is 293 g/mol. The molecular weight excluding hydrogens is 270 g/mol. The Morgan fingerprint density at radius 1 is 1.24 bits per heavy atom. The van der Waals surface area contributed by atoms with Crippen LogP contribution in [0.25, 0.3) is 0 Å². The van der Waals surface area contributed by atoms with E-state index in [0.29, 0.717) is 13.2 Å². The first-order valence-electron chi connectivity index (χ1n) is 7.54. The number of benzene rings is 1. The zero-order chi connectivity index (χ0) is 15.1. The molecule has 0 aromatic heterocycles. The molecule has 2 rings (SSSR count). The van der Waals surface area contributed by atoms with Crippen molar-refractivity contribution in [2.45, 2.75) is 26.2 Å². The van der Waals surface area contributed by atoms with Gasteiger partial charge >= 0.3 is 0 Å². The van der Waals surface area contributed by atoms with Gasteiger partial charge in [-0.3, -0.25) is 10.1 Å². The van der Waals surface area contributed by atoms with Gasteiger partial charge in [-0.15, -0.1) is 0 Å². The number of rotatable bonds is 10. The smallest absolute Gasteiger partial charge is 0.273 e. The van der Waals surface area contributed by atoms with Crippen LogP contribution in [0.3, 0.4) is 0 Å². The zero-order valence-corrected chi connectivity index (χ0v) is 12.4. The van der Waals surface area contributed by atoms with Gasteiger partial charge in [0.2, 0.25) is 0 Å². The molecule has 0 atom stereocenters. The Balaban J connectivity index is 1.86. The molecule has 0 amide bonds. The highest BCUT2D eigenvalue weighted by atomic mass is 16.6. The summed E-state index contributed by atoms with van der Waals surface area (Å²) in [5.41, 5.74) is 1.61. The summed E-state index contributed by atoms with van der Waals surface area (Å²) in [7, 11) is 0. The Labute approximate surface area is 125 Å². The molecule has 1 aromatic rings. The molecule has 2 N–H and O–H groups in total. The van der Waals surface area contributed by atoms with Crippen LogP contribution in [-0.4, -0.2) is 31.2 Å². The maximum Gasteiger partial charge on any atom is 0.273 e. The van der Waals surface area contributed by atoms with E-state index in [1.165, 1.54) is 12.8 Å². The summed E-state index contributed by atoms with van der Waals surface area (Å²) in [4.78, 5) is 10.6. The summed E-state index contributed by atoms with van der Waals surface area (Å²) >= 11 is 0. The van der Waals surface area contributed by atoms with Crippen molar-refractivity contribution in [2.75, 3.05) is 36.9 Å². The molecule has 0 saturated heterocycles. The Morgan fingerprint density at radius 3 is 2.48 bits per heavy atom. The summed E-state index contributed by atoms with van der Waals surface area (Å²) in [6.45, 7) is 4.96. The summed E-state index contributed by atoms with van der Waals surface area (Å²) in [5.74, 6) is 0.757. The van der Waals surface area contributed by atoms with Gasteiger partial charge in [0.15, 0.2) is 0 Å². The van der Waals surface area contributed by atoms with E-state index in [-0.39, 0.29) is 10.6 Å². The predicted molar refractivity (Wildman–Crippen MR) is 83.9 cm³/mol. The Kier molecular flexibility index (Phi) is 5.80. The molecule has 116 valence electrons. The lowest BCUT2D eigenvalue weighted by molar-refractivity contribution is -0.384. The first-order valence-corrected chi connectivity index (χ1v) is 7.54. The maximum atomic E-state index is 11.0. The van der Waals surface area contributed by atoms with Crippen LogP contribution < -0.4 is 10.6 Å². The number of non-ortho nitro benzene ring substituents is 1. The highest BCUT2D eigenvalue weighted by Crippen LogP contribution is 2.28. The largest absolute Gasteiger partial charge is 0.385 e. The second kappa shape index (κ2) is 7.83. The number of nitro groups is 1. The van der Waals surface area contributed by atoms with Crippen LogP contribution in [0, 0.1) is 16.0 Å². The Morgan fingerprint density at radius 2 is 1.90 bits per heavy atom. The van der Waals surface area contributed by atoms with E-state index < -0.39 is 0 Å². The average molecular weight is 293 g/mol. The van der Waals surface area contributed by atoms with Gasteiger partial charge in [-0.25, -0.2) is 0 Å². The fourth-order valence-corrected chi connectivity index (χ4v) is 1.99. The number of nitrogens with zero attached hydrogens (tertiary/aromatic N) is 1. The summed E-state index contributed by atoms with van der Waals surface area (Å²) in [6.07, 6.45) is 3.54. The Bertz CT molecular complexity index is 475. The Hall–Kier alpha value is -1.82. The molecule has 1 aliphatic carbocycles. The molecule has 1 aromatic carbocycles. The van der Waals surface area contributed by atoms with Gasteiger partial charge in [0.05, 0.1) is 11.5 Å². The van der Waals surface area contributed by atoms with Crippen LogP contribution >= 0.6 is 0 Å². The number of nitro benzene ring substituents is 1. The lowest BCUT2D eigenvalue weighted by Crippen LogP contribution is -2.11. The van der Waals surface area contributed by atoms with Crippen LogP contribution in [-0.2, 0) is 4.74 Å². The first-order chi connectivity index (χ1) is 10.2. The molecule has 21 heavy (non-hydrogen) atoms. The van der Waals surface area contributed by atoms with Crippen LogP contribution in [0.15, 0.2) is 18.2 Å². The number of anilines is 2. The summed E-state index contributed by atoms with van der Waals surface area (Å²) < 4.78 is 5.54. The predicted octanol–water partition coefficient (Wildman–Crippen LogP) is 3.26. The zero-order valence-electron chi connectivity index (χ0n) is 12.4. The third kappa shape index (κ3) is 5.59. The molecule has 6 heteroatoms. The second-order valence-electron chi connectivity index (χ2n) is 5.40. The van der Waals surface area contributed by atoms with E-state index in [2.05, 4.69) is 17.6 Å². The van der Waals surface area contributed by atoms with E-state index >= 15 is 0 Å². The van der Waals surface area contributed by atoms with Crippen molar-refractivity contribution in [3.63, 3.8) is 0 Å². The minimum absolute atomic E-state index is 0.0949. The third-order valence-electron chi connectivity index (χ3n) is 3.33. The number of nitrogens with one attached hydrogen (secondary N) is 2. The van der Waals surface area contributed by atoms with E-state index in [0.717, 1.165) is 36.9 Å². The van der Waals surface area contributed by atoms with Crippen LogP contribution in [0.4, 0.5) is 17.1 Å². The molecule has 6 nitrogen and oxygen atoms in total. The minimum Gasteiger partial charge on any atom is -0.385 e. The van der Waals surface area contributed by atoms with Gasteiger partial charge in [-0.2, -0.15) is 0 Å². The fourth-order valence-electron chi connectivity index (χ4n) is 1.99. The van der Waals surface area contributed by atoms with E-state index in [1.54, 1.807) is 12.1 Å². The molecule has 1 saturated carbocycles. The molecule has 1 fully saturated rings. The molecule has 0 bridgehead atoms. The lowest BCUT2D eigenvalue weighted by atomic mass is 10.2. The van der Waals surface area contributed by atoms with Gasteiger partial charge in [-0.05, 0) is 31.2 Å². The SMILES string of the molecule is CCCNc1cc(NCCOCC2CC2)cc([N+](=O)[O-])c1. The first kappa shape index (κ1) is 15.6. The fraction of sp³-hybridized carbons (Fsp3) is 0.600. The summed E-state index contributed by atoms with van der Waals surface area (Å²) in [5, 5.41) is 17.3. The molecule has 1 aliphatic rings. The van der Waals surface area contributed by atoms with Gasteiger partial charge in [0.1, 0.15) is 0 Å². The molecule has 0 unspecified atom stereocenters. The highest BCUT2D eigenvalue weighted by molar-refractivity contribution is 5.63. The maximum absolute atomic E-state index is 11.0. The van der Waals surface area contributed by atoms with Crippen LogP contribution in [0.2, 0.25) is 0 Å². The van der Waals surface area contributed by atoms with E-state index in [4.69, 9.17) is 4.74 Å². The second-order valence-corrected chi connectivity index (χ2v) is 5.40. The van der Waals surface area contributed by atoms with E-state index in [1.807, 2.05) is 6.07 Å². The van der Waals surface area contributed by atoms with Gasteiger partial charge in [0.25, 0.3) is 5.69 Å². The molecular formula is C15H23N3O3. The number of ether oxygens (including phenoxy) is 1. The van der Waals surface area contributed by atoms with Crippen LogP contribution in [0.1, 0.15) is 26.2 Å². The quantitative estimate of drug-likeness (QED) is 0.393. The van der Waals surface area contributed by atoms with E-state index in [9.17, 15) is 10.1 Å². The topological polar surface area (TPSA) is 76.4 Å². The van der Waals surface area contributed by atoms with Crippen molar-refractivity contribution in [3.05, 3.63) is 28.3 Å². The highest BCUT2D eigenvalue weighted by Gasteiger charge is 2.20. The average Bonchev–Trinajstić information content (AvgIpc) is 3.28. The van der Waals surface area contributed by atoms with Gasteiger partial charge in [0, 0.05) is 43.2 Å². The number of hydrogen-bond donors (Lipinski definition) is 2. The van der Waals surface area contributed by atoms with Crippen LogP contribution in [0.5, 0.6) is 0 Å². The van der Waals surface area contributed by atoms with Crippen molar-refractivity contribution in [1.29, 1.82) is 0 Å². The van der Waals surface area contributed by atoms with Crippen molar-refractivity contribution in [3.8, 4) is 0 Å². The van der Waals surface area contributed by atoms with Crippen molar-refractivity contribution in [2.24, 2.45) is 5.92 Å². The normalized spacial score (nSPS) is 14.0. The van der Waals surface area contributed by atoms with Crippen molar-refractivity contribution < 1.29 is 9.66 Å². The number of hydrogen-bond acceptors (Lipinski definition) is 5. The third-order valence-corrected chi connectivity index (χ3v) is 3.33.